The van der Waals surface area contributed by atoms with Gasteiger partial charge in [-0.2, -0.15) is 13.2 Å². The molecule has 1 aliphatic heterocycles. The maximum absolute atomic E-state index is 13.0. The highest BCUT2D eigenvalue weighted by atomic mass is 19.4. The minimum Gasteiger partial charge on any atom is -0.358 e. The monoisotopic (exact) mass is 459 g/mol. The third-order valence-electron chi connectivity index (χ3n) is 5.13. The highest BCUT2D eigenvalue weighted by molar-refractivity contribution is 6.08. The highest BCUT2D eigenvalue weighted by Gasteiger charge is 2.52. The molecular formula is C21H16F3N5O4. The molecule has 9 nitrogen and oxygen atoms in total. The number of benzene rings is 1. The Balaban J connectivity index is 1.61. The minimum absolute atomic E-state index is 0.0615. The van der Waals surface area contributed by atoms with Gasteiger partial charge in [0.1, 0.15) is 5.69 Å². The highest BCUT2D eigenvalue weighted by Crippen LogP contribution is 2.31. The van der Waals surface area contributed by atoms with Gasteiger partial charge >= 0.3 is 12.2 Å². The molecule has 1 saturated heterocycles. The summed E-state index contributed by atoms with van der Waals surface area (Å²) in [5, 5.41) is 10.8. The van der Waals surface area contributed by atoms with Gasteiger partial charge in [0.2, 0.25) is 0 Å². The van der Waals surface area contributed by atoms with Gasteiger partial charge in [0.05, 0.1) is 12.7 Å². The van der Waals surface area contributed by atoms with Gasteiger partial charge in [0.15, 0.2) is 11.3 Å². The molecule has 1 aliphatic rings. The second-order valence-corrected chi connectivity index (χ2v) is 7.31. The van der Waals surface area contributed by atoms with E-state index in [-0.39, 0.29) is 17.9 Å². The molecule has 4 rings (SSSR count). The zero-order chi connectivity index (χ0) is 23.8. The number of hydrogen-bond acceptors (Lipinski definition) is 6. The molecule has 0 bridgehead atoms. The van der Waals surface area contributed by atoms with Crippen molar-refractivity contribution in [2.75, 3.05) is 6.54 Å². The average molecular weight is 459 g/mol. The van der Waals surface area contributed by atoms with Crippen molar-refractivity contribution in [1.82, 2.24) is 26.1 Å². The van der Waals surface area contributed by atoms with E-state index in [1.807, 2.05) is 0 Å². The molecule has 2 aromatic heterocycles. The summed E-state index contributed by atoms with van der Waals surface area (Å²) in [5.74, 6) is -1.30. The van der Waals surface area contributed by atoms with Crippen LogP contribution in [0.15, 0.2) is 53.3 Å². The number of aromatic nitrogens is 2. The van der Waals surface area contributed by atoms with Crippen molar-refractivity contribution in [3.63, 3.8) is 0 Å². The number of hydrogen-bond donors (Lipinski definition) is 3. The quantitative estimate of drug-likeness (QED) is 0.504. The molecule has 1 unspecified atom stereocenters. The zero-order valence-electron chi connectivity index (χ0n) is 17.0. The van der Waals surface area contributed by atoms with Gasteiger partial charge in [-0.05, 0) is 24.6 Å². The third-order valence-corrected chi connectivity index (χ3v) is 5.13. The Morgan fingerprint density at radius 2 is 1.91 bits per heavy atom. The predicted octanol–water partition coefficient (Wildman–Crippen LogP) is 2.53. The summed E-state index contributed by atoms with van der Waals surface area (Å²) < 4.78 is 43.6. The van der Waals surface area contributed by atoms with Crippen LogP contribution in [-0.2, 0) is 16.5 Å². The second kappa shape index (κ2) is 8.04. The lowest BCUT2D eigenvalue weighted by atomic mass is 9.93. The first-order valence-electron chi connectivity index (χ1n) is 9.58. The van der Waals surface area contributed by atoms with Crippen molar-refractivity contribution in [3.05, 3.63) is 71.4 Å². The van der Waals surface area contributed by atoms with Gasteiger partial charge in [-0.15, -0.1) is 0 Å². The normalized spacial score (nSPS) is 18.1. The van der Waals surface area contributed by atoms with Gasteiger partial charge in [0.25, 0.3) is 11.8 Å². The standard InChI is InChI=1S/C21H16F3N5O4/c1-11-8-27-33-16(11)20(18(31)28-19(32)29-20)10-26-17(30)14-5-3-2-4-13(14)12-6-7-15(25-9-12)21(22,23)24/h2-9H,10H2,1H3,(H,26,30)(H2,28,29,31,32). The summed E-state index contributed by atoms with van der Waals surface area (Å²) in [7, 11) is 0. The van der Waals surface area contributed by atoms with Crippen molar-refractivity contribution < 1.29 is 32.1 Å². The van der Waals surface area contributed by atoms with E-state index in [4.69, 9.17) is 4.52 Å². The van der Waals surface area contributed by atoms with E-state index in [9.17, 15) is 27.6 Å². The molecule has 3 N–H and O–H groups in total. The van der Waals surface area contributed by atoms with Crippen LogP contribution in [0, 0.1) is 6.92 Å². The van der Waals surface area contributed by atoms with Crippen LogP contribution in [0.25, 0.3) is 11.1 Å². The van der Waals surface area contributed by atoms with Crippen LogP contribution in [-0.4, -0.2) is 34.5 Å². The number of rotatable bonds is 5. The fraction of sp³-hybridized carbons (Fsp3) is 0.190. The van der Waals surface area contributed by atoms with Crippen LogP contribution in [0.2, 0.25) is 0 Å². The molecule has 0 aliphatic carbocycles. The topological polar surface area (TPSA) is 126 Å². The van der Waals surface area contributed by atoms with E-state index in [1.54, 1.807) is 25.1 Å². The van der Waals surface area contributed by atoms with E-state index >= 15 is 0 Å². The Hall–Kier alpha value is -4.22. The molecule has 33 heavy (non-hydrogen) atoms. The first kappa shape index (κ1) is 22.0. The van der Waals surface area contributed by atoms with E-state index in [2.05, 4.69) is 26.1 Å². The molecule has 0 spiro atoms. The van der Waals surface area contributed by atoms with Crippen molar-refractivity contribution in [1.29, 1.82) is 0 Å². The van der Waals surface area contributed by atoms with Crippen molar-refractivity contribution >= 4 is 17.8 Å². The maximum atomic E-state index is 13.0. The number of nitrogens with zero attached hydrogens (tertiary/aromatic N) is 2. The Morgan fingerprint density at radius 3 is 2.48 bits per heavy atom. The molecule has 4 amide bonds. The van der Waals surface area contributed by atoms with Crippen LogP contribution in [0.1, 0.15) is 27.4 Å². The first-order chi connectivity index (χ1) is 15.6. The molecule has 1 fully saturated rings. The van der Waals surface area contributed by atoms with Gasteiger partial charge in [-0.1, -0.05) is 29.4 Å². The summed E-state index contributed by atoms with van der Waals surface area (Å²) in [6.07, 6.45) is -2.20. The van der Waals surface area contributed by atoms with Crippen molar-refractivity contribution in [2.45, 2.75) is 18.6 Å². The van der Waals surface area contributed by atoms with Gasteiger partial charge < -0.3 is 15.2 Å². The fourth-order valence-electron chi connectivity index (χ4n) is 3.52. The molecule has 0 saturated carbocycles. The van der Waals surface area contributed by atoms with Crippen molar-refractivity contribution in [2.24, 2.45) is 0 Å². The molecule has 170 valence electrons. The predicted molar refractivity (Wildman–Crippen MR) is 107 cm³/mol. The molecule has 0 radical (unpaired) electrons. The minimum atomic E-state index is -4.59. The van der Waals surface area contributed by atoms with E-state index in [0.717, 1.165) is 12.3 Å². The Labute approximate surface area is 184 Å². The van der Waals surface area contributed by atoms with Crippen LogP contribution < -0.4 is 16.0 Å². The number of amides is 4. The van der Waals surface area contributed by atoms with Crippen LogP contribution >= 0.6 is 0 Å². The fourth-order valence-corrected chi connectivity index (χ4v) is 3.52. The van der Waals surface area contributed by atoms with E-state index in [0.29, 0.717) is 16.7 Å². The average Bonchev–Trinajstić information content (AvgIpc) is 3.34. The van der Waals surface area contributed by atoms with Crippen LogP contribution in [0.5, 0.6) is 0 Å². The van der Waals surface area contributed by atoms with E-state index < -0.39 is 35.3 Å². The summed E-state index contributed by atoms with van der Waals surface area (Å²) in [5.41, 5.74) is -1.52. The molecule has 3 heterocycles. The van der Waals surface area contributed by atoms with E-state index in [1.165, 1.54) is 18.3 Å². The lowest BCUT2D eigenvalue weighted by Crippen LogP contribution is -2.52. The van der Waals surface area contributed by atoms with Gasteiger partial charge in [-0.25, -0.2) is 4.79 Å². The lowest BCUT2D eigenvalue weighted by Gasteiger charge is -2.24. The molecule has 1 atom stereocenters. The maximum Gasteiger partial charge on any atom is 0.433 e. The Morgan fingerprint density at radius 1 is 1.15 bits per heavy atom. The number of alkyl halides is 3. The Kier molecular flexibility index (Phi) is 5.36. The van der Waals surface area contributed by atoms with Crippen LogP contribution in [0.4, 0.5) is 18.0 Å². The number of carbonyl (C=O) groups excluding carboxylic acids is 3. The smallest absolute Gasteiger partial charge is 0.358 e. The number of carbonyl (C=O) groups is 3. The summed E-state index contributed by atoms with van der Waals surface area (Å²) >= 11 is 0. The number of nitrogens with one attached hydrogen (secondary N) is 3. The number of halogens is 3. The van der Waals surface area contributed by atoms with Crippen LogP contribution in [0.3, 0.4) is 0 Å². The molecule has 12 heteroatoms. The zero-order valence-corrected chi connectivity index (χ0v) is 17.0. The van der Waals surface area contributed by atoms with Crippen molar-refractivity contribution in [3.8, 4) is 11.1 Å². The number of aryl methyl sites for hydroxylation is 1. The molecule has 3 aromatic rings. The van der Waals surface area contributed by atoms with Gasteiger partial charge in [0, 0.05) is 22.9 Å². The summed E-state index contributed by atoms with van der Waals surface area (Å²) in [6.45, 7) is 1.26. The number of urea groups is 1. The number of imide groups is 1. The molecule has 1 aromatic carbocycles. The Bertz CT molecular complexity index is 1240. The lowest BCUT2D eigenvalue weighted by molar-refractivity contribution is -0.141. The summed E-state index contributed by atoms with van der Waals surface area (Å²) in [6, 6.07) is 7.50. The van der Waals surface area contributed by atoms with Gasteiger partial charge in [-0.3, -0.25) is 19.9 Å². The molecular weight excluding hydrogens is 443 g/mol. The number of pyridine rings is 1. The SMILES string of the molecule is Cc1cnoc1C1(CNC(=O)c2ccccc2-c2ccc(C(F)(F)F)nc2)NC(=O)NC1=O. The first-order valence-corrected chi connectivity index (χ1v) is 9.58. The summed E-state index contributed by atoms with van der Waals surface area (Å²) in [4.78, 5) is 40.8. The third kappa shape index (κ3) is 4.02. The second-order valence-electron chi connectivity index (χ2n) is 7.31. The largest absolute Gasteiger partial charge is 0.433 e.